The number of H-pyrrole nitrogens is 1. The van der Waals surface area contributed by atoms with Gasteiger partial charge in [0.25, 0.3) is 0 Å². The fourth-order valence-corrected chi connectivity index (χ4v) is 2.26. The highest BCUT2D eigenvalue weighted by Gasteiger charge is 2.13. The molecule has 2 aromatic carbocycles. The van der Waals surface area contributed by atoms with Crippen molar-refractivity contribution in [3.8, 4) is 11.5 Å². The summed E-state index contributed by atoms with van der Waals surface area (Å²) in [6.07, 6.45) is 1.61. The van der Waals surface area contributed by atoms with Crippen molar-refractivity contribution in [3.05, 3.63) is 42.7 Å². The number of imidazole rings is 1. The summed E-state index contributed by atoms with van der Waals surface area (Å²) in [5.74, 6) is 1.03. The van der Waals surface area contributed by atoms with E-state index in [9.17, 15) is 4.79 Å². The van der Waals surface area contributed by atoms with E-state index in [1.165, 1.54) is 14.2 Å². The minimum atomic E-state index is -0.397. The van der Waals surface area contributed by atoms with Gasteiger partial charge in [-0.25, -0.2) is 9.78 Å². The van der Waals surface area contributed by atoms with Crippen molar-refractivity contribution >= 4 is 28.4 Å². The lowest BCUT2D eigenvalue weighted by molar-refractivity contribution is 0.262. The molecule has 2 amide bonds. The average molecular weight is 312 g/mol. The minimum absolute atomic E-state index is 0.397. The third-order valence-corrected chi connectivity index (χ3v) is 3.34. The summed E-state index contributed by atoms with van der Waals surface area (Å²) in [5, 5.41) is 5.51. The van der Waals surface area contributed by atoms with Crippen molar-refractivity contribution in [2.45, 2.75) is 0 Å². The topological polar surface area (TPSA) is 88.3 Å². The van der Waals surface area contributed by atoms with Crippen LogP contribution >= 0.6 is 0 Å². The number of rotatable bonds is 4. The van der Waals surface area contributed by atoms with Gasteiger partial charge < -0.3 is 25.1 Å². The second-order valence-corrected chi connectivity index (χ2v) is 4.75. The van der Waals surface area contributed by atoms with Crippen LogP contribution < -0.4 is 20.1 Å². The monoisotopic (exact) mass is 312 g/mol. The third-order valence-electron chi connectivity index (χ3n) is 3.34. The molecule has 0 saturated heterocycles. The molecule has 1 aromatic heterocycles. The van der Waals surface area contributed by atoms with E-state index in [0.717, 1.165) is 11.0 Å². The van der Waals surface area contributed by atoms with E-state index in [1.54, 1.807) is 36.7 Å². The second kappa shape index (κ2) is 6.27. The van der Waals surface area contributed by atoms with Crippen LogP contribution in [0.25, 0.3) is 11.0 Å². The zero-order chi connectivity index (χ0) is 16.2. The Kier molecular flexibility index (Phi) is 4.01. The molecule has 0 bridgehead atoms. The Bertz CT molecular complexity index is 822. The Labute approximate surface area is 132 Å². The van der Waals surface area contributed by atoms with Crippen LogP contribution in [0, 0.1) is 0 Å². The smallest absolute Gasteiger partial charge is 0.323 e. The van der Waals surface area contributed by atoms with Crippen LogP contribution in [0.3, 0.4) is 0 Å². The first-order valence-electron chi connectivity index (χ1n) is 6.93. The number of fused-ring (bicyclic) bond motifs is 1. The largest absolute Gasteiger partial charge is 0.494 e. The number of para-hydroxylation sites is 1. The Hall–Kier alpha value is -3.22. The van der Waals surface area contributed by atoms with Crippen LogP contribution in [0.4, 0.5) is 16.2 Å². The Morgan fingerprint density at radius 1 is 1.09 bits per heavy atom. The summed E-state index contributed by atoms with van der Waals surface area (Å²) in [6, 6.07) is 10.3. The molecule has 0 saturated carbocycles. The maximum Gasteiger partial charge on any atom is 0.323 e. The number of carbonyl (C=O) groups excluding carboxylic acids is 1. The van der Waals surface area contributed by atoms with Crippen molar-refractivity contribution in [3.63, 3.8) is 0 Å². The predicted molar refractivity (Wildman–Crippen MR) is 88.3 cm³/mol. The molecule has 0 aliphatic heterocycles. The van der Waals surface area contributed by atoms with Crippen molar-refractivity contribution < 1.29 is 14.3 Å². The number of nitrogens with one attached hydrogen (secondary N) is 3. The molecule has 118 valence electrons. The summed E-state index contributed by atoms with van der Waals surface area (Å²) < 4.78 is 10.5. The molecule has 0 atom stereocenters. The van der Waals surface area contributed by atoms with Gasteiger partial charge in [0.2, 0.25) is 0 Å². The molecule has 0 aliphatic carbocycles. The Morgan fingerprint density at radius 3 is 2.52 bits per heavy atom. The fraction of sp³-hybridized carbons (Fsp3) is 0.125. The van der Waals surface area contributed by atoms with Gasteiger partial charge >= 0.3 is 6.03 Å². The van der Waals surface area contributed by atoms with Crippen LogP contribution in [0.2, 0.25) is 0 Å². The molecule has 0 fully saturated rings. The van der Waals surface area contributed by atoms with Crippen LogP contribution in [-0.4, -0.2) is 30.2 Å². The highest BCUT2D eigenvalue weighted by Crippen LogP contribution is 2.34. The standard InChI is InChI=1S/C16H16N4O3/c1-22-13-4-3-5-14(23-2)15(13)20-16(21)19-10-6-7-11-12(8-10)18-9-17-11/h3-9H,1-2H3,(H,17,18)(H2,19,20,21). The number of benzene rings is 2. The minimum Gasteiger partial charge on any atom is -0.494 e. The van der Waals surface area contributed by atoms with Gasteiger partial charge in [0, 0.05) is 5.69 Å². The quantitative estimate of drug-likeness (QED) is 0.690. The van der Waals surface area contributed by atoms with E-state index < -0.39 is 6.03 Å². The van der Waals surface area contributed by atoms with Crippen molar-refractivity contribution in [1.82, 2.24) is 9.97 Å². The molecule has 0 unspecified atom stereocenters. The van der Waals surface area contributed by atoms with Crippen molar-refractivity contribution in [1.29, 1.82) is 0 Å². The Morgan fingerprint density at radius 2 is 1.83 bits per heavy atom. The molecule has 1 heterocycles. The summed E-state index contributed by atoms with van der Waals surface area (Å²) in [7, 11) is 3.06. The highest BCUT2D eigenvalue weighted by atomic mass is 16.5. The van der Waals surface area contributed by atoms with E-state index in [2.05, 4.69) is 20.6 Å². The number of methoxy groups -OCH3 is 2. The summed E-state index contributed by atoms with van der Waals surface area (Å²) in [5.41, 5.74) is 2.80. The van der Waals surface area contributed by atoms with Gasteiger partial charge in [0.15, 0.2) is 0 Å². The molecule has 3 rings (SSSR count). The first-order valence-corrected chi connectivity index (χ1v) is 6.93. The zero-order valence-corrected chi connectivity index (χ0v) is 12.7. The number of urea groups is 1. The molecule has 3 aromatic rings. The molecule has 7 nitrogen and oxygen atoms in total. The lowest BCUT2D eigenvalue weighted by Crippen LogP contribution is -2.20. The van der Waals surface area contributed by atoms with Gasteiger partial charge in [-0.3, -0.25) is 0 Å². The van der Waals surface area contributed by atoms with Gasteiger partial charge in [0.05, 0.1) is 31.6 Å². The van der Waals surface area contributed by atoms with Crippen LogP contribution in [0.1, 0.15) is 0 Å². The maximum absolute atomic E-state index is 12.2. The lowest BCUT2D eigenvalue weighted by atomic mass is 10.2. The highest BCUT2D eigenvalue weighted by molar-refractivity contribution is 6.02. The van der Waals surface area contributed by atoms with Crippen molar-refractivity contribution in [2.24, 2.45) is 0 Å². The Balaban J connectivity index is 1.79. The second-order valence-electron chi connectivity index (χ2n) is 4.75. The first kappa shape index (κ1) is 14.7. The summed E-state index contributed by atoms with van der Waals surface area (Å²) >= 11 is 0. The number of hydrogen-bond donors (Lipinski definition) is 3. The van der Waals surface area contributed by atoms with E-state index in [0.29, 0.717) is 22.9 Å². The molecular formula is C16H16N4O3. The van der Waals surface area contributed by atoms with E-state index in [-0.39, 0.29) is 0 Å². The van der Waals surface area contributed by atoms with Gasteiger partial charge in [0.1, 0.15) is 17.2 Å². The van der Waals surface area contributed by atoms with Gasteiger partial charge in [-0.2, -0.15) is 0 Å². The van der Waals surface area contributed by atoms with E-state index >= 15 is 0 Å². The van der Waals surface area contributed by atoms with Gasteiger partial charge in [-0.15, -0.1) is 0 Å². The third kappa shape index (κ3) is 3.03. The van der Waals surface area contributed by atoms with Crippen LogP contribution in [0.5, 0.6) is 11.5 Å². The zero-order valence-electron chi connectivity index (χ0n) is 12.7. The van der Waals surface area contributed by atoms with Crippen LogP contribution in [0.15, 0.2) is 42.7 Å². The molecule has 0 aliphatic rings. The SMILES string of the molecule is COc1cccc(OC)c1NC(=O)Nc1ccc2nc[nH]c2c1. The number of carbonyl (C=O) groups is 1. The normalized spacial score (nSPS) is 10.3. The summed E-state index contributed by atoms with van der Waals surface area (Å²) in [4.78, 5) is 19.4. The molecule has 0 radical (unpaired) electrons. The number of aromatic amines is 1. The van der Waals surface area contributed by atoms with Gasteiger partial charge in [-0.05, 0) is 30.3 Å². The average Bonchev–Trinajstić information content (AvgIpc) is 3.02. The van der Waals surface area contributed by atoms with Crippen LogP contribution in [-0.2, 0) is 0 Å². The van der Waals surface area contributed by atoms with Gasteiger partial charge in [-0.1, -0.05) is 6.07 Å². The number of anilines is 2. The molecular weight excluding hydrogens is 296 g/mol. The molecule has 0 spiro atoms. The first-order chi connectivity index (χ1) is 11.2. The number of nitrogens with zero attached hydrogens (tertiary/aromatic N) is 1. The number of amides is 2. The molecule has 3 N–H and O–H groups in total. The number of ether oxygens (including phenoxy) is 2. The fourth-order valence-electron chi connectivity index (χ4n) is 2.26. The predicted octanol–water partition coefficient (Wildman–Crippen LogP) is 3.22. The maximum atomic E-state index is 12.2. The van der Waals surface area contributed by atoms with E-state index in [4.69, 9.17) is 9.47 Å². The number of hydrogen-bond acceptors (Lipinski definition) is 4. The van der Waals surface area contributed by atoms with E-state index in [1.807, 2.05) is 6.07 Å². The molecule has 7 heteroatoms. The lowest BCUT2D eigenvalue weighted by Gasteiger charge is -2.14. The molecule has 23 heavy (non-hydrogen) atoms. The number of aromatic nitrogens is 2. The summed E-state index contributed by atoms with van der Waals surface area (Å²) in [6.45, 7) is 0. The van der Waals surface area contributed by atoms with Crippen molar-refractivity contribution in [2.75, 3.05) is 24.9 Å².